The van der Waals surface area contributed by atoms with Crippen molar-refractivity contribution in [1.29, 1.82) is 0 Å². The number of epoxide rings is 1. The van der Waals surface area contributed by atoms with E-state index in [4.69, 9.17) is 35.3 Å². The Hall–Kier alpha value is -3.65. The molecule has 0 aliphatic carbocycles. The van der Waals surface area contributed by atoms with Crippen LogP contribution >= 0.6 is 11.6 Å². The first-order chi connectivity index (χ1) is 23.4. The summed E-state index contributed by atoms with van der Waals surface area (Å²) < 4.78 is 29.1. The first-order valence-electron chi connectivity index (χ1n) is 16.7. The molecule has 0 radical (unpaired) electrons. The summed E-state index contributed by atoms with van der Waals surface area (Å²) in [6.45, 7) is 10.5. The van der Waals surface area contributed by atoms with Gasteiger partial charge in [-0.3, -0.25) is 14.9 Å². The molecule has 0 unspecified atom stereocenters. The molecule has 4 rings (SSSR count). The highest BCUT2D eigenvalue weighted by Gasteiger charge is 2.64. The lowest BCUT2D eigenvalue weighted by Gasteiger charge is -2.42. The second kappa shape index (κ2) is 15.3. The third-order valence-electron chi connectivity index (χ3n) is 9.97. The monoisotopic (exact) mass is 719 g/mol. The Balaban J connectivity index is 1.78. The van der Waals surface area contributed by atoms with Crippen molar-refractivity contribution in [3.63, 3.8) is 0 Å². The van der Waals surface area contributed by atoms with E-state index < -0.39 is 65.7 Å². The maximum absolute atomic E-state index is 14.1. The number of nitrogens with one attached hydrogen (secondary N) is 1. The molecular formula is C36H50ClN3O10. The molecule has 1 aromatic carbocycles. The van der Waals surface area contributed by atoms with Crippen LogP contribution in [-0.2, 0) is 39.8 Å². The average Bonchev–Trinajstić information content (AvgIpc) is 3.76. The number of ether oxygens (including phenoxy) is 5. The number of carbonyl (C=O) groups is 4. The first-order valence-corrected chi connectivity index (χ1v) is 17.1. The highest BCUT2D eigenvalue weighted by molar-refractivity contribution is 6.35. The molecule has 3 heterocycles. The number of aliphatic hydroxyl groups is 1. The van der Waals surface area contributed by atoms with Crippen LogP contribution in [0.3, 0.4) is 0 Å². The largest absolute Gasteiger partial charge is 0.495 e. The van der Waals surface area contributed by atoms with Gasteiger partial charge in [0.1, 0.15) is 40.7 Å². The number of nitrogens with zero attached hydrogens (tertiary/aromatic N) is 2. The zero-order valence-corrected chi connectivity index (χ0v) is 31.2. The number of rotatable bonds is 6. The van der Waals surface area contributed by atoms with Crippen LogP contribution in [0, 0.1) is 11.8 Å². The number of anilines is 1. The maximum atomic E-state index is 14.1. The van der Waals surface area contributed by atoms with E-state index in [0.717, 1.165) is 11.1 Å². The fourth-order valence-corrected chi connectivity index (χ4v) is 6.91. The number of benzene rings is 1. The molecule has 3 aliphatic rings. The quantitative estimate of drug-likeness (QED) is 0.323. The van der Waals surface area contributed by atoms with E-state index in [2.05, 4.69) is 5.32 Å². The Morgan fingerprint density at radius 2 is 1.88 bits per heavy atom. The molecule has 276 valence electrons. The molecule has 50 heavy (non-hydrogen) atoms. The number of halogens is 1. The summed E-state index contributed by atoms with van der Waals surface area (Å²) in [6, 6.07) is 2.63. The molecule has 8 atom stereocenters. The number of amides is 3. The second-order valence-electron chi connectivity index (χ2n) is 14.0. The lowest BCUT2D eigenvalue weighted by Crippen LogP contribution is -2.63. The average molecular weight is 720 g/mol. The summed E-state index contributed by atoms with van der Waals surface area (Å²) in [4.78, 5) is 55.8. The Bertz CT molecular complexity index is 1550. The van der Waals surface area contributed by atoms with Crippen molar-refractivity contribution in [3.05, 3.63) is 46.5 Å². The predicted molar refractivity (Wildman–Crippen MR) is 186 cm³/mol. The number of hydrogen-bond donors (Lipinski definition) is 2. The first kappa shape index (κ1) is 39.1. The summed E-state index contributed by atoms with van der Waals surface area (Å²) in [6.07, 6.45) is 1.00. The van der Waals surface area contributed by atoms with E-state index in [1.807, 2.05) is 13.0 Å². The van der Waals surface area contributed by atoms with Crippen molar-refractivity contribution in [1.82, 2.24) is 10.2 Å². The molecule has 2 saturated heterocycles. The van der Waals surface area contributed by atoms with Gasteiger partial charge in [0, 0.05) is 39.5 Å². The highest BCUT2D eigenvalue weighted by Crippen LogP contribution is 2.49. The van der Waals surface area contributed by atoms with Gasteiger partial charge in [0.15, 0.2) is 5.72 Å². The molecule has 3 amide bonds. The number of likely N-dealkylation sites (N-methyl/N-ethyl adjacent to an activating group) is 1. The van der Waals surface area contributed by atoms with Gasteiger partial charge in [-0.2, -0.15) is 0 Å². The van der Waals surface area contributed by atoms with E-state index >= 15 is 0 Å². The number of fused-ring (bicyclic) bond motifs is 5. The van der Waals surface area contributed by atoms with Gasteiger partial charge in [-0.25, -0.2) is 9.59 Å². The van der Waals surface area contributed by atoms with Gasteiger partial charge in [0.2, 0.25) is 11.8 Å². The molecule has 4 bridgehead atoms. The Morgan fingerprint density at radius 1 is 1.20 bits per heavy atom. The molecule has 13 nitrogen and oxygen atoms in total. The predicted octanol–water partition coefficient (Wildman–Crippen LogP) is 4.17. The Labute approximate surface area is 298 Å². The van der Waals surface area contributed by atoms with E-state index in [9.17, 15) is 24.3 Å². The topological polar surface area (TPSA) is 156 Å². The molecule has 14 heteroatoms. The summed E-state index contributed by atoms with van der Waals surface area (Å²) in [5.41, 5.74) is -0.881. The molecule has 2 N–H and O–H groups in total. The Morgan fingerprint density at radius 3 is 2.50 bits per heavy atom. The summed E-state index contributed by atoms with van der Waals surface area (Å²) in [7, 11) is 6.02. The maximum Gasteiger partial charge on any atom is 0.409 e. The smallest absolute Gasteiger partial charge is 0.409 e. The van der Waals surface area contributed by atoms with Crippen LogP contribution in [0.25, 0.3) is 0 Å². The van der Waals surface area contributed by atoms with Crippen molar-refractivity contribution in [2.24, 2.45) is 11.8 Å². The zero-order chi connectivity index (χ0) is 37.3. The summed E-state index contributed by atoms with van der Waals surface area (Å²) >= 11 is 6.74. The van der Waals surface area contributed by atoms with Gasteiger partial charge in [-0.15, -0.1) is 0 Å². The van der Waals surface area contributed by atoms with Gasteiger partial charge < -0.3 is 38.6 Å². The van der Waals surface area contributed by atoms with Crippen LogP contribution in [0.2, 0.25) is 5.02 Å². The van der Waals surface area contributed by atoms with Crippen LogP contribution < -0.4 is 15.0 Å². The lowest BCUT2D eigenvalue weighted by atomic mass is 9.83. The van der Waals surface area contributed by atoms with Crippen molar-refractivity contribution >= 4 is 41.2 Å². The van der Waals surface area contributed by atoms with Crippen LogP contribution in [-0.4, -0.2) is 104 Å². The SMILES string of the molecule is COc1cc2cc(c1Cl)N(C)C(=O)C[C@H](OC(=O)[C@H](C)N(C)C(=O)C(C)C)[C@]1(C)O[C@H]1[C@H](C)[C@@H]1C[C@@](O)(NC(=O)O1)[C@H](OC)/C=C/C=C(/C)C2. The number of hydrogen-bond acceptors (Lipinski definition) is 10. The molecule has 3 aliphatic heterocycles. The number of allylic oxidation sites excluding steroid dienone is 3. The molecule has 2 fully saturated rings. The van der Waals surface area contributed by atoms with E-state index in [1.54, 1.807) is 66.0 Å². The van der Waals surface area contributed by atoms with Crippen molar-refractivity contribution < 1.29 is 48.0 Å². The van der Waals surface area contributed by atoms with Crippen molar-refractivity contribution in [3.8, 4) is 5.75 Å². The van der Waals surface area contributed by atoms with Crippen LogP contribution in [0.4, 0.5) is 10.5 Å². The van der Waals surface area contributed by atoms with Crippen LogP contribution in [0.15, 0.2) is 35.9 Å². The third kappa shape index (κ3) is 8.11. The molecule has 0 saturated carbocycles. The standard InChI is InChI=1S/C36H50ClN3O10/c1-19(2)32(42)39(7)22(5)33(43)49-28-17-29(41)40(8)24-15-23(16-25(46-9)30(24)37)14-20(3)12-11-13-27(47-10)36(45)18-26(48-34(44)38-36)21(4)31-35(28,6)50-31/h11-13,15-16,19,21-22,26-28,31,45H,14,17-18H2,1-10H3,(H,38,44)/b13-11+,20-12-/t21-,22+,26+,27-,28+,31+,35+,36+/m1/s1. The second-order valence-corrected chi connectivity index (χ2v) is 14.4. The van der Waals surface area contributed by atoms with Gasteiger partial charge in [0.05, 0.1) is 25.3 Å². The normalized spacial score (nSPS) is 32.5. The lowest BCUT2D eigenvalue weighted by molar-refractivity contribution is -0.162. The number of carbonyl (C=O) groups excluding carboxylic acids is 4. The highest BCUT2D eigenvalue weighted by atomic mass is 35.5. The molecular weight excluding hydrogens is 670 g/mol. The number of esters is 1. The minimum absolute atomic E-state index is 0.0449. The van der Waals surface area contributed by atoms with E-state index in [1.165, 1.54) is 31.1 Å². The zero-order valence-electron chi connectivity index (χ0n) is 30.4. The minimum Gasteiger partial charge on any atom is -0.495 e. The van der Waals surface area contributed by atoms with Gasteiger partial charge in [0.25, 0.3) is 0 Å². The third-order valence-corrected chi connectivity index (χ3v) is 10.4. The minimum atomic E-state index is -1.82. The van der Waals surface area contributed by atoms with Gasteiger partial charge in [-0.1, -0.05) is 56.2 Å². The molecule has 0 aromatic heterocycles. The van der Waals surface area contributed by atoms with E-state index in [0.29, 0.717) is 17.9 Å². The number of methoxy groups -OCH3 is 2. The van der Waals surface area contributed by atoms with Crippen molar-refractivity contribution in [2.45, 2.75) is 103 Å². The molecule has 0 spiro atoms. The van der Waals surface area contributed by atoms with Crippen molar-refractivity contribution in [2.75, 3.05) is 33.2 Å². The van der Waals surface area contributed by atoms with Gasteiger partial charge >= 0.3 is 12.1 Å². The van der Waals surface area contributed by atoms with E-state index in [-0.39, 0.29) is 29.7 Å². The van der Waals surface area contributed by atoms with Crippen LogP contribution in [0.1, 0.15) is 59.9 Å². The number of alkyl carbamates (subject to hydrolysis) is 1. The summed E-state index contributed by atoms with van der Waals surface area (Å²) in [5, 5.41) is 14.4. The fraction of sp³-hybridized carbons (Fsp3) is 0.611. The Kier molecular flexibility index (Phi) is 12.0. The fourth-order valence-electron chi connectivity index (χ4n) is 6.60. The van der Waals surface area contributed by atoms with Gasteiger partial charge in [-0.05, 0) is 44.9 Å². The molecule has 1 aromatic rings. The van der Waals surface area contributed by atoms with Crippen LogP contribution in [0.5, 0.6) is 5.75 Å². The summed E-state index contributed by atoms with van der Waals surface area (Å²) in [5.74, 6) is -1.88.